The average molecular weight is 521 g/mol. The second-order valence-corrected chi connectivity index (χ2v) is 13.8. The zero-order valence-corrected chi connectivity index (χ0v) is 24.8. The minimum absolute atomic E-state index is 0.0210. The Morgan fingerprint density at radius 3 is 2.42 bits per heavy atom. The van der Waals surface area contributed by atoms with Gasteiger partial charge in [0.2, 0.25) is 0 Å². The Bertz CT molecular complexity index is 1170. The molecule has 5 nitrogen and oxygen atoms in total. The molecule has 1 amide bonds. The van der Waals surface area contributed by atoms with Crippen LogP contribution >= 0.6 is 0 Å². The molecule has 2 aromatic rings. The van der Waals surface area contributed by atoms with Crippen molar-refractivity contribution in [1.82, 2.24) is 9.88 Å². The number of benzene rings is 1. The highest BCUT2D eigenvalue weighted by Gasteiger charge is 2.49. The van der Waals surface area contributed by atoms with Gasteiger partial charge < -0.3 is 19.4 Å². The normalized spacial score (nSPS) is 19.2. The summed E-state index contributed by atoms with van der Waals surface area (Å²) in [6.45, 7) is 15.2. The van der Waals surface area contributed by atoms with E-state index in [9.17, 15) is 4.79 Å². The third-order valence-electron chi connectivity index (χ3n) is 9.45. The van der Waals surface area contributed by atoms with Crippen LogP contribution in [0.5, 0.6) is 5.75 Å². The largest absolute Gasteiger partial charge is 0.493 e. The van der Waals surface area contributed by atoms with Gasteiger partial charge in [-0.25, -0.2) is 0 Å². The number of fused-ring (bicyclic) bond motifs is 2. The summed E-state index contributed by atoms with van der Waals surface area (Å²) in [6.07, 6.45) is 10.1. The predicted molar refractivity (Wildman–Crippen MR) is 154 cm³/mol. The van der Waals surface area contributed by atoms with Crippen molar-refractivity contribution in [3.05, 3.63) is 40.6 Å². The Hall–Kier alpha value is -2.27. The molecule has 1 aromatic heterocycles. The first kappa shape index (κ1) is 27.3. The minimum Gasteiger partial charge on any atom is -0.493 e. The summed E-state index contributed by atoms with van der Waals surface area (Å²) in [5.74, 6) is 1.76. The van der Waals surface area contributed by atoms with Gasteiger partial charge in [-0.15, -0.1) is 0 Å². The van der Waals surface area contributed by atoms with Crippen molar-refractivity contribution < 1.29 is 14.3 Å². The fraction of sp³-hybridized carbons (Fsp3) is 0.667. The molecule has 38 heavy (non-hydrogen) atoms. The molecule has 208 valence electrons. The van der Waals surface area contributed by atoms with Crippen LogP contribution in [0.3, 0.4) is 0 Å². The highest BCUT2D eigenvalue weighted by Crippen LogP contribution is 2.58. The number of nitrogens with zero attached hydrogens (tertiary/aromatic N) is 1. The van der Waals surface area contributed by atoms with Crippen molar-refractivity contribution in [2.75, 3.05) is 20.3 Å². The van der Waals surface area contributed by atoms with Crippen LogP contribution in [0, 0.1) is 12.8 Å². The van der Waals surface area contributed by atoms with E-state index in [0.717, 1.165) is 36.6 Å². The molecule has 1 N–H and O–H groups in total. The number of hydrogen-bond donors (Lipinski definition) is 1. The summed E-state index contributed by atoms with van der Waals surface area (Å²) in [5, 5.41) is 3.14. The summed E-state index contributed by atoms with van der Waals surface area (Å²) in [4.78, 5) is 13.5. The first-order valence-electron chi connectivity index (χ1n) is 14.8. The van der Waals surface area contributed by atoms with Gasteiger partial charge in [0.15, 0.2) is 0 Å². The molecular weight excluding hydrogens is 472 g/mol. The third-order valence-corrected chi connectivity index (χ3v) is 9.45. The molecule has 2 fully saturated rings. The second kappa shape index (κ2) is 10.0. The molecule has 1 aliphatic heterocycles. The molecular formula is C33H48N2O3. The number of aromatic nitrogens is 1. The lowest BCUT2D eigenvalue weighted by molar-refractivity contribution is 0.0228. The van der Waals surface area contributed by atoms with Crippen molar-refractivity contribution >= 4 is 5.91 Å². The van der Waals surface area contributed by atoms with Gasteiger partial charge in [0.1, 0.15) is 5.75 Å². The monoisotopic (exact) mass is 520 g/mol. The molecule has 2 heterocycles. The van der Waals surface area contributed by atoms with E-state index in [1.807, 2.05) is 13.8 Å². The summed E-state index contributed by atoms with van der Waals surface area (Å²) < 4.78 is 14.4. The average Bonchev–Trinajstić information content (AvgIpc) is 3.58. The number of carbonyl (C=O) groups is 1. The van der Waals surface area contributed by atoms with Gasteiger partial charge in [0.05, 0.1) is 17.8 Å². The van der Waals surface area contributed by atoms with Crippen LogP contribution in [0.25, 0.3) is 11.3 Å². The van der Waals surface area contributed by atoms with E-state index in [4.69, 9.17) is 9.47 Å². The molecule has 2 saturated carbocycles. The van der Waals surface area contributed by atoms with Crippen LogP contribution in [0.4, 0.5) is 0 Å². The topological polar surface area (TPSA) is 52.5 Å². The number of hydrogen-bond acceptors (Lipinski definition) is 3. The SMILES string of the molecule is COC(C)(C)CNC(=O)c1cc(-c2cc(C(C)(C)C)c3c(c2)C2(CCO3)CC2)n(CC2CCCCC2)c1C. The Morgan fingerprint density at radius 2 is 1.79 bits per heavy atom. The highest BCUT2D eigenvalue weighted by atomic mass is 16.5. The molecule has 0 atom stereocenters. The van der Waals surface area contributed by atoms with Crippen LogP contribution < -0.4 is 10.1 Å². The van der Waals surface area contributed by atoms with Gasteiger partial charge in [-0.1, -0.05) is 40.0 Å². The Morgan fingerprint density at radius 1 is 1.08 bits per heavy atom. The summed E-state index contributed by atoms with van der Waals surface area (Å²) in [7, 11) is 1.69. The van der Waals surface area contributed by atoms with Crippen LogP contribution in [-0.4, -0.2) is 36.3 Å². The maximum atomic E-state index is 13.5. The van der Waals surface area contributed by atoms with Crippen LogP contribution in [0.1, 0.15) is 113 Å². The zero-order valence-electron chi connectivity index (χ0n) is 24.8. The minimum atomic E-state index is -0.407. The first-order valence-corrected chi connectivity index (χ1v) is 14.8. The quantitative estimate of drug-likeness (QED) is 0.416. The molecule has 1 aromatic carbocycles. The molecule has 0 saturated heterocycles. The maximum absolute atomic E-state index is 13.5. The van der Waals surface area contributed by atoms with Crippen molar-refractivity contribution in [1.29, 1.82) is 0 Å². The van der Waals surface area contributed by atoms with Gasteiger partial charge in [0, 0.05) is 48.1 Å². The second-order valence-electron chi connectivity index (χ2n) is 13.8. The van der Waals surface area contributed by atoms with Gasteiger partial charge in [-0.3, -0.25) is 4.79 Å². The highest BCUT2D eigenvalue weighted by molar-refractivity contribution is 5.97. The molecule has 0 bridgehead atoms. The number of rotatable bonds is 7. The third kappa shape index (κ3) is 5.28. The van der Waals surface area contributed by atoms with E-state index in [2.05, 4.69) is 55.8 Å². The number of amides is 1. The zero-order chi connectivity index (χ0) is 27.3. The van der Waals surface area contributed by atoms with Crippen LogP contribution in [0.2, 0.25) is 0 Å². The van der Waals surface area contributed by atoms with E-state index < -0.39 is 5.60 Å². The molecule has 2 aliphatic carbocycles. The lowest BCUT2D eigenvalue weighted by Crippen LogP contribution is -2.39. The molecule has 3 aliphatic rings. The predicted octanol–water partition coefficient (Wildman–Crippen LogP) is 7.31. The molecule has 0 radical (unpaired) electrons. The summed E-state index contributed by atoms with van der Waals surface area (Å²) >= 11 is 0. The van der Waals surface area contributed by atoms with E-state index in [-0.39, 0.29) is 16.7 Å². The Labute approximate surface area is 229 Å². The van der Waals surface area contributed by atoms with E-state index >= 15 is 0 Å². The summed E-state index contributed by atoms with van der Waals surface area (Å²) in [6, 6.07) is 6.89. The molecule has 5 rings (SSSR count). The smallest absolute Gasteiger partial charge is 0.253 e. The fourth-order valence-corrected chi connectivity index (χ4v) is 6.47. The fourth-order valence-electron chi connectivity index (χ4n) is 6.47. The number of methoxy groups -OCH3 is 1. The van der Waals surface area contributed by atoms with Crippen LogP contribution in [0.15, 0.2) is 18.2 Å². The number of carbonyl (C=O) groups excluding carboxylic acids is 1. The lowest BCUT2D eigenvalue weighted by atomic mass is 9.79. The molecule has 0 unspecified atom stereocenters. The Balaban J connectivity index is 1.60. The van der Waals surface area contributed by atoms with Crippen LogP contribution in [-0.2, 0) is 22.1 Å². The summed E-state index contributed by atoms with van der Waals surface area (Å²) in [5.41, 5.74) is 6.74. The molecule has 5 heteroatoms. The standard InChI is InChI=1S/C33H48N2O3/c1-22-25(30(36)34-21-32(5,6)37-7)19-28(35(22)20-23-11-9-8-10-12-23)24-17-26(31(2,3)4)29-27(18-24)33(13-14-33)15-16-38-29/h17-19,23H,8-16,20-21H2,1-7H3,(H,34,36). The van der Waals surface area contributed by atoms with Crippen molar-refractivity contribution in [3.63, 3.8) is 0 Å². The van der Waals surface area contributed by atoms with E-state index in [0.29, 0.717) is 12.5 Å². The van der Waals surface area contributed by atoms with Gasteiger partial charge in [0.25, 0.3) is 5.91 Å². The van der Waals surface area contributed by atoms with Gasteiger partial charge in [-0.05, 0) is 88.0 Å². The van der Waals surface area contributed by atoms with Crippen molar-refractivity contribution in [2.24, 2.45) is 5.92 Å². The Kier molecular flexibility index (Phi) is 7.21. The number of ether oxygens (including phenoxy) is 2. The van der Waals surface area contributed by atoms with Gasteiger partial charge in [-0.2, -0.15) is 0 Å². The van der Waals surface area contributed by atoms with E-state index in [1.54, 1.807) is 7.11 Å². The van der Waals surface area contributed by atoms with Crippen molar-refractivity contribution in [2.45, 2.75) is 116 Å². The lowest BCUT2D eigenvalue weighted by Gasteiger charge is -2.33. The van der Waals surface area contributed by atoms with Gasteiger partial charge >= 0.3 is 0 Å². The number of nitrogens with one attached hydrogen (secondary N) is 1. The van der Waals surface area contributed by atoms with Crippen molar-refractivity contribution in [3.8, 4) is 17.0 Å². The molecule has 1 spiro atoms. The first-order chi connectivity index (χ1) is 17.9. The van der Waals surface area contributed by atoms with E-state index in [1.165, 1.54) is 67.3 Å². The maximum Gasteiger partial charge on any atom is 0.253 e.